The van der Waals surface area contributed by atoms with Gasteiger partial charge in [0.2, 0.25) is 0 Å². The molecule has 3 rings (SSSR count). The molecular weight excluding hydrogens is 306 g/mol. The molecule has 0 radical (unpaired) electrons. The van der Waals surface area contributed by atoms with Crippen LogP contribution < -0.4 is 0 Å². The number of nitrogens with zero attached hydrogens (tertiary/aromatic N) is 5. The van der Waals surface area contributed by atoms with Gasteiger partial charge in [-0.25, -0.2) is 9.67 Å². The molecule has 128 valence electrons. The third-order valence-corrected chi connectivity index (χ3v) is 4.37. The molecule has 0 bridgehead atoms. The molecule has 1 aromatic carbocycles. The first-order chi connectivity index (χ1) is 11.5. The highest BCUT2D eigenvalue weighted by Crippen LogP contribution is 2.17. The van der Waals surface area contributed by atoms with Gasteiger partial charge >= 0.3 is 0 Å². The lowest BCUT2D eigenvalue weighted by molar-refractivity contribution is -0.141. The number of aliphatic hydroxyl groups is 1. The van der Waals surface area contributed by atoms with E-state index in [1.807, 2.05) is 0 Å². The molecule has 1 saturated heterocycles. The number of amides is 1. The molecule has 24 heavy (non-hydrogen) atoms. The number of carbonyl (C=O) groups is 1. The van der Waals surface area contributed by atoms with Crippen LogP contribution in [-0.4, -0.2) is 67.9 Å². The summed E-state index contributed by atoms with van der Waals surface area (Å²) in [6, 6.07) is 6.34. The number of piperazine rings is 1. The van der Waals surface area contributed by atoms with E-state index in [0.29, 0.717) is 13.1 Å². The predicted molar refractivity (Wildman–Crippen MR) is 89.6 cm³/mol. The Morgan fingerprint density at radius 2 is 2.04 bits per heavy atom. The average molecular weight is 329 g/mol. The van der Waals surface area contributed by atoms with Gasteiger partial charge in [-0.3, -0.25) is 9.69 Å². The minimum absolute atomic E-state index is 0.178. The molecule has 1 amide bonds. The number of aryl methyl sites for hydroxylation is 1. The van der Waals surface area contributed by atoms with Gasteiger partial charge in [-0.15, -0.1) is 0 Å². The molecular formula is C17H23N5O2. The molecule has 1 fully saturated rings. The summed E-state index contributed by atoms with van der Waals surface area (Å²) >= 11 is 0. The zero-order chi connectivity index (χ0) is 17.1. The van der Waals surface area contributed by atoms with Gasteiger partial charge in [-0.1, -0.05) is 12.1 Å². The number of aliphatic hydroxyl groups excluding tert-OH is 1. The van der Waals surface area contributed by atoms with E-state index < -0.39 is 6.10 Å². The average Bonchev–Trinajstić information content (AvgIpc) is 3.09. The third-order valence-electron chi connectivity index (χ3n) is 4.37. The second-order valence-corrected chi connectivity index (χ2v) is 6.24. The Bertz CT molecular complexity index is 691. The fourth-order valence-corrected chi connectivity index (χ4v) is 3.05. The first kappa shape index (κ1) is 16.6. The topological polar surface area (TPSA) is 74.5 Å². The van der Waals surface area contributed by atoms with Crippen molar-refractivity contribution in [3.63, 3.8) is 0 Å². The highest BCUT2D eigenvalue weighted by Gasteiger charge is 2.23. The summed E-state index contributed by atoms with van der Waals surface area (Å²) < 4.78 is 1.76. The van der Waals surface area contributed by atoms with Crippen LogP contribution in [0.15, 0.2) is 30.9 Å². The largest absolute Gasteiger partial charge is 0.384 e. The van der Waals surface area contributed by atoms with Crippen molar-refractivity contribution in [1.82, 2.24) is 24.6 Å². The minimum Gasteiger partial charge on any atom is -0.384 e. The lowest BCUT2D eigenvalue weighted by Gasteiger charge is -2.35. The van der Waals surface area contributed by atoms with Crippen molar-refractivity contribution in [2.45, 2.75) is 26.5 Å². The van der Waals surface area contributed by atoms with Crippen molar-refractivity contribution in [3.8, 4) is 5.69 Å². The number of benzene rings is 1. The van der Waals surface area contributed by atoms with Crippen LogP contribution in [0.1, 0.15) is 18.1 Å². The van der Waals surface area contributed by atoms with Crippen molar-refractivity contribution in [2.75, 3.05) is 26.2 Å². The maximum Gasteiger partial charge on any atom is 0.251 e. The van der Waals surface area contributed by atoms with E-state index in [4.69, 9.17) is 0 Å². The van der Waals surface area contributed by atoms with Crippen LogP contribution >= 0.6 is 0 Å². The van der Waals surface area contributed by atoms with Crippen molar-refractivity contribution in [3.05, 3.63) is 42.0 Å². The zero-order valence-electron chi connectivity index (χ0n) is 14.1. The summed E-state index contributed by atoms with van der Waals surface area (Å²) in [7, 11) is 0. The van der Waals surface area contributed by atoms with Crippen molar-refractivity contribution >= 4 is 5.91 Å². The van der Waals surface area contributed by atoms with Gasteiger partial charge in [0.15, 0.2) is 0 Å². The Morgan fingerprint density at radius 3 is 2.62 bits per heavy atom. The van der Waals surface area contributed by atoms with Crippen molar-refractivity contribution in [2.24, 2.45) is 0 Å². The van der Waals surface area contributed by atoms with Gasteiger partial charge in [-0.05, 0) is 31.0 Å². The number of aromatic nitrogens is 3. The highest BCUT2D eigenvalue weighted by atomic mass is 16.3. The monoisotopic (exact) mass is 329 g/mol. The molecule has 2 aromatic rings. The molecule has 1 aromatic heterocycles. The lowest BCUT2D eigenvalue weighted by Crippen LogP contribution is -2.50. The van der Waals surface area contributed by atoms with Crippen molar-refractivity contribution < 1.29 is 9.90 Å². The summed E-state index contributed by atoms with van der Waals surface area (Å²) in [5, 5.41) is 13.6. The van der Waals surface area contributed by atoms with Gasteiger partial charge in [0.1, 0.15) is 18.8 Å². The third kappa shape index (κ3) is 3.63. The van der Waals surface area contributed by atoms with E-state index in [-0.39, 0.29) is 5.91 Å². The predicted octanol–water partition coefficient (Wildman–Crippen LogP) is 0.601. The quantitative estimate of drug-likeness (QED) is 0.889. The fraction of sp³-hybridized carbons (Fsp3) is 0.471. The van der Waals surface area contributed by atoms with Crippen LogP contribution in [-0.2, 0) is 11.3 Å². The fourth-order valence-electron chi connectivity index (χ4n) is 3.05. The Hall–Kier alpha value is -2.25. The highest BCUT2D eigenvalue weighted by molar-refractivity contribution is 5.80. The molecule has 0 spiro atoms. The normalized spacial score (nSPS) is 17.0. The standard InChI is InChI=1S/C17H23N5O2/c1-13-9-15(3-4-16(13)22-12-18-11-19-22)10-20-5-7-21(8-6-20)17(24)14(2)23/h3-4,9,11-12,14,23H,5-8,10H2,1-2H3. The van der Waals surface area contributed by atoms with Crippen LogP contribution in [0.2, 0.25) is 0 Å². The molecule has 7 heteroatoms. The Morgan fingerprint density at radius 1 is 1.29 bits per heavy atom. The summed E-state index contributed by atoms with van der Waals surface area (Å²) in [6.07, 6.45) is 2.31. The van der Waals surface area contributed by atoms with E-state index >= 15 is 0 Å². The SMILES string of the molecule is Cc1cc(CN2CCN(C(=O)C(C)O)CC2)ccc1-n1cncn1. The van der Waals surface area contributed by atoms with Gasteiger partial charge in [0.25, 0.3) is 5.91 Å². The van der Waals surface area contributed by atoms with Crippen LogP contribution in [0.3, 0.4) is 0 Å². The molecule has 2 heterocycles. The molecule has 1 atom stereocenters. The Labute approximate surface area is 141 Å². The maximum atomic E-state index is 11.8. The summed E-state index contributed by atoms with van der Waals surface area (Å²) in [5.41, 5.74) is 3.43. The second kappa shape index (κ2) is 7.11. The van der Waals surface area contributed by atoms with E-state index in [1.54, 1.807) is 15.9 Å². The van der Waals surface area contributed by atoms with Gasteiger partial charge in [0, 0.05) is 32.7 Å². The number of carbonyl (C=O) groups excluding carboxylic acids is 1. The van der Waals surface area contributed by atoms with Crippen LogP contribution in [0, 0.1) is 6.92 Å². The maximum absolute atomic E-state index is 11.8. The smallest absolute Gasteiger partial charge is 0.251 e. The minimum atomic E-state index is -0.913. The van der Waals surface area contributed by atoms with Crippen LogP contribution in [0.25, 0.3) is 5.69 Å². The molecule has 0 saturated carbocycles. The Balaban J connectivity index is 1.60. The summed E-state index contributed by atoms with van der Waals surface area (Å²) in [6.45, 7) is 7.42. The first-order valence-electron chi connectivity index (χ1n) is 8.18. The molecule has 7 nitrogen and oxygen atoms in total. The van der Waals surface area contributed by atoms with Crippen molar-refractivity contribution in [1.29, 1.82) is 0 Å². The van der Waals surface area contributed by atoms with Gasteiger partial charge in [-0.2, -0.15) is 5.10 Å². The van der Waals surface area contributed by atoms with E-state index in [1.165, 1.54) is 18.8 Å². The lowest BCUT2D eigenvalue weighted by atomic mass is 10.1. The molecule has 1 aliphatic heterocycles. The number of rotatable bonds is 4. The number of hydrogen-bond donors (Lipinski definition) is 1. The van der Waals surface area contributed by atoms with E-state index in [2.05, 4.69) is 40.1 Å². The van der Waals surface area contributed by atoms with Gasteiger partial charge < -0.3 is 10.0 Å². The van der Waals surface area contributed by atoms with Crippen LogP contribution in [0.5, 0.6) is 0 Å². The molecule has 1 aliphatic rings. The summed E-state index contributed by atoms with van der Waals surface area (Å²) in [4.78, 5) is 19.8. The molecule has 0 aliphatic carbocycles. The first-order valence-corrected chi connectivity index (χ1v) is 8.18. The number of hydrogen-bond acceptors (Lipinski definition) is 5. The Kier molecular flexibility index (Phi) is 4.92. The van der Waals surface area contributed by atoms with E-state index in [0.717, 1.165) is 30.9 Å². The molecule has 1 unspecified atom stereocenters. The van der Waals surface area contributed by atoms with E-state index in [9.17, 15) is 9.90 Å². The molecule has 1 N–H and O–H groups in total. The van der Waals surface area contributed by atoms with Gasteiger partial charge in [0.05, 0.1) is 5.69 Å². The second-order valence-electron chi connectivity index (χ2n) is 6.24. The zero-order valence-corrected chi connectivity index (χ0v) is 14.1. The van der Waals surface area contributed by atoms with Crippen LogP contribution in [0.4, 0.5) is 0 Å². The summed E-state index contributed by atoms with van der Waals surface area (Å²) in [5.74, 6) is -0.178.